The van der Waals surface area contributed by atoms with E-state index >= 15 is 0 Å². The Bertz CT molecular complexity index is 491. The van der Waals surface area contributed by atoms with Crippen LogP contribution in [0.3, 0.4) is 0 Å². The highest BCUT2D eigenvalue weighted by molar-refractivity contribution is 6.27. The molecule has 2 rings (SSSR count). The van der Waals surface area contributed by atoms with E-state index in [-0.39, 0.29) is 0 Å². The molecule has 0 atom stereocenters. The number of hydrogen-bond acceptors (Lipinski definition) is 3. The van der Waals surface area contributed by atoms with Crippen LogP contribution in [0, 0.1) is 0 Å². The van der Waals surface area contributed by atoms with Gasteiger partial charge in [0.15, 0.2) is 0 Å². The van der Waals surface area contributed by atoms with Gasteiger partial charge in [-0.15, -0.1) is 0 Å². The van der Waals surface area contributed by atoms with Gasteiger partial charge in [0.1, 0.15) is 5.76 Å². The van der Waals surface area contributed by atoms with E-state index in [0.29, 0.717) is 5.76 Å². The van der Waals surface area contributed by atoms with Gasteiger partial charge in [-0.2, -0.15) is 0 Å². The molecule has 0 amide bonds. The molecule has 2 aliphatic carbocycles. The Morgan fingerprint density at radius 1 is 0.944 bits per heavy atom. The normalized spacial score (nSPS) is 16.1. The second-order valence-electron chi connectivity index (χ2n) is 3.45. The van der Waals surface area contributed by atoms with Gasteiger partial charge in [-0.05, 0) is 18.1 Å². The molecular weight excluding hydrogens is 236 g/mol. The van der Waals surface area contributed by atoms with Gasteiger partial charge in [-0.25, -0.2) is 9.59 Å². The number of hydrogen-bond donors (Lipinski definition) is 3. The average molecular weight is 248 g/mol. The molecule has 2 aliphatic rings. The number of aliphatic hydroxyl groups is 1. The van der Waals surface area contributed by atoms with E-state index in [1.165, 1.54) is 5.57 Å². The van der Waals surface area contributed by atoms with Crippen LogP contribution >= 0.6 is 0 Å². The lowest BCUT2D eigenvalue weighted by atomic mass is 9.97. The van der Waals surface area contributed by atoms with Crippen LogP contribution in [-0.4, -0.2) is 27.3 Å². The Morgan fingerprint density at radius 2 is 1.56 bits per heavy atom. The number of fused-ring (bicyclic) bond motifs is 1. The van der Waals surface area contributed by atoms with Crippen LogP contribution in [0.15, 0.2) is 59.4 Å². The molecule has 0 unspecified atom stereocenters. The first-order valence-corrected chi connectivity index (χ1v) is 5.12. The smallest absolute Gasteiger partial charge is 0.414 e. The van der Waals surface area contributed by atoms with Gasteiger partial charge < -0.3 is 15.3 Å². The third kappa shape index (κ3) is 3.79. The Labute approximate surface area is 103 Å². The Hall–Kier alpha value is -2.56. The standard InChI is InChI=1S/C11H10O.C2H2O4/c12-11-8-4-2-6-9-5-1-3-7-10(9)11;3-1(4)2(5)6/h1-4,6-8,12H,5H2;(H,3,4)(H,5,6). The highest BCUT2D eigenvalue weighted by Gasteiger charge is 2.10. The van der Waals surface area contributed by atoms with E-state index < -0.39 is 11.9 Å². The summed E-state index contributed by atoms with van der Waals surface area (Å²) in [5.74, 6) is -3.29. The number of aliphatic hydroxyl groups excluding tert-OH is 1. The van der Waals surface area contributed by atoms with Gasteiger partial charge >= 0.3 is 11.9 Å². The molecular formula is C13H12O5. The van der Waals surface area contributed by atoms with Crippen molar-refractivity contribution in [3.8, 4) is 0 Å². The van der Waals surface area contributed by atoms with Gasteiger partial charge in [0.05, 0.1) is 0 Å². The van der Waals surface area contributed by atoms with Crippen LogP contribution in [0.5, 0.6) is 0 Å². The minimum absolute atomic E-state index is 0.361. The molecule has 0 aliphatic heterocycles. The van der Waals surface area contributed by atoms with E-state index in [4.69, 9.17) is 19.8 Å². The van der Waals surface area contributed by atoms with Crippen molar-refractivity contribution in [1.29, 1.82) is 0 Å². The molecule has 18 heavy (non-hydrogen) atoms. The number of allylic oxidation sites excluding steroid dienone is 8. The van der Waals surface area contributed by atoms with E-state index in [1.807, 2.05) is 30.4 Å². The van der Waals surface area contributed by atoms with Crippen molar-refractivity contribution in [2.24, 2.45) is 0 Å². The van der Waals surface area contributed by atoms with Crippen molar-refractivity contribution in [3.63, 3.8) is 0 Å². The van der Waals surface area contributed by atoms with Gasteiger partial charge in [-0.3, -0.25) is 0 Å². The summed E-state index contributed by atoms with van der Waals surface area (Å²) in [5.41, 5.74) is 2.13. The predicted octanol–water partition coefficient (Wildman–Crippen LogP) is 1.97. The fourth-order valence-electron chi connectivity index (χ4n) is 1.39. The zero-order valence-electron chi connectivity index (χ0n) is 9.41. The Balaban J connectivity index is 0.000000232. The molecule has 0 aromatic carbocycles. The van der Waals surface area contributed by atoms with Crippen molar-refractivity contribution in [2.45, 2.75) is 6.42 Å². The summed E-state index contributed by atoms with van der Waals surface area (Å²) in [4.78, 5) is 18.2. The second kappa shape index (κ2) is 6.24. The van der Waals surface area contributed by atoms with Crippen LogP contribution in [0.1, 0.15) is 6.42 Å². The summed E-state index contributed by atoms with van der Waals surface area (Å²) in [6, 6.07) is 0. The zero-order chi connectivity index (χ0) is 13.5. The van der Waals surface area contributed by atoms with Gasteiger partial charge in [0, 0.05) is 5.57 Å². The minimum Gasteiger partial charge on any atom is -0.507 e. The van der Waals surface area contributed by atoms with Crippen LogP contribution in [0.4, 0.5) is 0 Å². The summed E-state index contributed by atoms with van der Waals surface area (Å²) < 4.78 is 0. The summed E-state index contributed by atoms with van der Waals surface area (Å²) in [5, 5.41) is 24.3. The maximum Gasteiger partial charge on any atom is 0.414 e. The number of carbonyl (C=O) groups is 2. The SMILES string of the molecule is O=C(O)C(=O)O.OC1=CC=CC=C2CC=CC=C12. The van der Waals surface area contributed by atoms with Crippen molar-refractivity contribution in [2.75, 3.05) is 0 Å². The van der Waals surface area contributed by atoms with E-state index in [1.54, 1.807) is 6.08 Å². The molecule has 5 heteroatoms. The highest BCUT2D eigenvalue weighted by atomic mass is 16.4. The first-order chi connectivity index (χ1) is 8.52. The second-order valence-corrected chi connectivity index (χ2v) is 3.45. The maximum absolute atomic E-state index is 9.55. The van der Waals surface area contributed by atoms with Crippen LogP contribution in [-0.2, 0) is 9.59 Å². The topological polar surface area (TPSA) is 94.8 Å². The molecule has 0 fully saturated rings. The third-order valence-corrected chi connectivity index (χ3v) is 2.20. The van der Waals surface area contributed by atoms with Crippen molar-refractivity contribution >= 4 is 11.9 Å². The summed E-state index contributed by atoms with van der Waals surface area (Å²) in [7, 11) is 0. The number of carboxylic acids is 2. The molecule has 5 nitrogen and oxygen atoms in total. The molecule has 0 radical (unpaired) electrons. The third-order valence-electron chi connectivity index (χ3n) is 2.20. The summed E-state index contributed by atoms with van der Waals surface area (Å²) >= 11 is 0. The van der Waals surface area contributed by atoms with Crippen molar-refractivity contribution in [1.82, 2.24) is 0 Å². The van der Waals surface area contributed by atoms with Gasteiger partial charge in [0.2, 0.25) is 0 Å². The lowest BCUT2D eigenvalue weighted by Crippen LogP contribution is -2.09. The van der Waals surface area contributed by atoms with Crippen LogP contribution in [0.2, 0.25) is 0 Å². The van der Waals surface area contributed by atoms with E-state index in [2.05, 4.69) is 6.08 Å². The average Bonchev–Trinajstić information content (AvgIpc) is 2.53. The van der Waals surface area contributed by atoms with Crippen LogP contribution in [0.25, 0.3) is 0 Å². The molecule has 94 valence electrons. The highest BCUT2D eigenvalue weighted by Crippen LogP contribution is 2.26. The fraction of sp³-hybridized carbons (Fsp3) is 0.0769. The van der Waals surface area contributed by atoms with Gasteiger partial charge in [0.25, 0.3) is 0 Å². The molecule has 0 saturated carbocycles. The maximum atomic E-state index is 9.55. The summed E-state index contributed by atoms with van der Waals surface area (Å²) in [6.45, 7) is 0. The molecule has 0 aromatic rings. The molecule has 0 aromatic heterocycles. The van der Waals surface area contributed by atoms with Crippen molar-refractivity contribution in [3.05, 3.63) is 59.4 Å². The molecule has 0 heterocycles. The Morgan fingerprint density at radius 3 is 2.17 bits per heavy atom. The lowest BCUT2D eigenvalue weighted by Gasteiger charge is -2.10. The fourth-order valence-corrected chi connectivity index (χ4v) is 1.39. The predicted molar refractivity (Wildman–Crippen MR) is 65.0 cm³/mol. The first-order valence-electron chi connectivity index (χ1n) is 5.12. The number of carboxylic acid groups (broad SMARTS) is 2. The zero-order valence-corrected chi connectivity index (χ0v) is 9.41. The summed E-state index contributed by atoms with van der Waals surface area (Å²) in [6.07, 6.45) is 14.5. The quantitative estimate of drug-likeness (QED) is 0.569. The Kier molecular flexibility index (Phi) is 4.68. The molecule has 0 bridgehead atoms. The van der Waals surface area contributed by atoms with Gasteiger partial charge in [-0.1, -0.05) is 36.5 Å². The van der Waals surface area contributed by atoms with E-state index in [0.717, 1.165) is 12.0 Å². The molecule has 3 N–H and O–H groups in total. The largest absolute Gasteiger partial charge is 0.507 e. The first kappa shape index (κ1) is 13.5. The number of aliphatic carboxylic acids is 2. The molecule has 0 spiro atoms. The van der Waals surface area contributed by atoms with Crippen molar-refractivity contribution < 1.29 is 24.9 Å². The number of rotatable bonds is 0. The van der Waals surface area contributed by atoms with Crippen LogP contribution < -0.4 is 0 Å². The molecule has 0 saturated heterocycles. The lowest BCUT2D eigenvalue weighted by molar-refractivity contribution is -0.159. The minimum atomic E-state index is -1.82. The monoisotopic (exact) mass is 248 g/mol. The van der Waals surface area contributed by atoms with E-state index in [9.17, 15) is 5.11 Å².